The average Bonchev–Trinajstić information content (AvgIpc) is 3.28. The lowest BCUT2D eigenvalue weighted by molar-refractivity contribution is -0.137. The van der Waals surface area contributed by atoms with Gasteiger partial charge in [-0.25, -0.2) is 4.98 Å². The van der Waals surface area contributed by atoms with Gasteiger partial charge in [0.2, 0.25) is 0 Å². The number of aromatic amines is 1. The molecular formula is C27H30N4O2S2. The molecule has 0 saturated carbocycles. The zero-order valence-electron chi connectivity index (χ0n) is 19.8. The maximum absolute atomic E-state index is 11.1. The van der Waals surface area contributed by atoms with E-state index in [1.165, 1.54) is 16.0 Å². The Kier molecular flexibility index (Phi) is 9.22. The molecule has 2 heterocycles. The van der Waals surface area contributed by atoms with E-state index in [0.29, 0.717) is 6.54 Å². The molecule has 2 N–H and O–H groups in total. The van der Waals surface area contributed by atoms with Crippen molar-refractivity contribution in [3.63, 3.8) is 0 Å². The molecule has 0 aliphatic rings. The van der Waals surface area contributed by atoms with E-state index in [-0.39, 0.29) is 6.42 Å². The number of imidazole rings is 1. The lowest BCUT2D eigenvalue weighted by Crippen LogP contribution is -2.27. The predicted molar refractivity (Wildman–Crippen MR) is 144 cm³/mol. The minimum atomic E-state index is -0.752. The number of nitrogens with zero attached hydrogens (tertiary/aromatic N) is 3. The third kappa shape index (κ3) is 7.59. The first-order chi connectivity index (χ1) is 17.1. The number of hydrogen-bond acceptors (Lipinski definition) is 6. The number of fused-ring (bicyclic) bond motifs is 1. The topological polar surface area (TPSA) is 82.1 Å². The first-order valence-electron chi connectivity index (χ1n) is 11.7. The van der Waals surface area contributed by atoms with Crippen molar-refractivity contribution in [2.75, 3.05) is 18.8 Å². The van der Waals surface area contributed by atoms with Gasteiger partial charge in [-0.05, 0) is 55.0 Å². The fraction of sp³-hybridized carbons (Fsp3) is 0.296. The van der Waals surface area contributed by atoms with E-state index in [4.69, 9.17) is 5.11 Å². The summed E-state index contributed by atoms with van der Waals surface area (Å²) in [6.07, 6.45) is 3.04. The quantitative estimate of drug-likeness (QED) is 0.170. The molecule has 0 atom stereocenters. The SMILES string of the molecule is Cc1c(SCCCN(CCC(=O)O)Cc2ccccc2)ccnc1CSc1nc2ccccc2[nH]1. The molecule has 0 saturated heterocycles. The predicted octanol–water partition coefficient (Wildman–Crippen LogP) is 6.02. The molecule has 0 aliphatic carbocycles. The summed E-state index contributed by atoms with van der Waals surface area (Å²) in [7, 11) is 0. The van der Waals surface area contributed by atoms with E-state index < -0.39 is 5.97 Å². The van der Waals surface area contributed by atoms with Crippen molar-refractivity contribution in [2.45, 2.75) is 42.1 Å². The third-order valence-electron chi connectivity index (χ3n) is 5.74. The number of aromatic nitrogens is 3. The molecule has 4 aromatic rings. The van der Waals surface area contributed by atoms with Gasteiger partial charge in [0.1, 0.15) is 0 Å². The maximum Gasteiger partial charge on any atom is 0.304 e. The van der Waals surface area contributed by atoms with Crippen LogP contribution in [0.1, 0.15) is 29.7 Å². The van der Waals surface area contributed by atoms with Crippen LogP contribution in [0.15, 0.2) is 76.9 Å². The second-order valence-corrected chi connectivity index (χ2v) is 10.4. The van der Waals surface area contributed by atoms with Gasteiger partial charge in [0.15, 0.2) is 5.16 Å². The number of benzene rings is 2. The molecule has 0 aliphatic heterocycles. The van der Waals surface area contributed by atoms with Gasteiger partial charge in [0, 0.05) is 29.9 Å². The molecule has 0 fully saturated rings. The second-order valence-electron chi connectivity index (χ2n) is 8.34. The van der Waals surface area contributed by atoms with Crippen LogP contribution in [0.25, 0.3) is 11.0 Å². The van der Waals surface area contributed by atoms with Gasteiger partial charge in [0.25, 0.3) is 0 Å². The van der Waals surface area contributed by atoms with Gasteiger partial charge in [-0.3, -0.25) is 14.7 Å². The largest absolute Gasteiger partial charge is 0.481 e. The van der Waals surface area contributed by atoms with Crippen LogP contribution >= 0.6 is 23.5 Å². The number of aliphatic carboxylic acids is 1. The van der Waals surface area contributed by atoms with Gasteiger partial charge in [-0.15, -0.1) is 11.8 Å². The van der Waals surface area contributed by atoms with E-state index in [1.807, 2.05) is 60.4 Å². The highest BCUT2D eigenvalue weighted by molar-refractivity contribution is 7.99. The summed E-state index contributed by atoms with van der Waals surface area (Å²) < 4.78 is 0. The monoisotopic (exact) mass is 506 g/mol. The van der Waals surface area contributed by atoms with Crippen LogP contribution in [0.5, 0.6) is 0 Å². The normalized spacial score (nSPS) is 11.4. The fourth-order valence-electron chi connectivity index (χ4n) is 3.83. The Morgan fingerprint density at radius 2 is 1.83 bits per heavy atom. The van der Waals surface area contributed by atoms with Gasteiger partial charge in [0.05, 0.1) is 23.1 Å². The first kappa shape index (κ1) is 25.3. The van der Waals surface area contributed by atoms with Gasteiger partial charge in [-0.2, -0.15) is 0 Å². The highest BCUT2D eigenvalue weighted by atomic mass is 32.2. The number of nitrogens with one attached hydrogen (secondary N) is 1. The number of thioether (sulfide) groups is 2. The number of H-pyrrole nitrogens is 1. The smallest absolute Gasteiger partial charge is 0.304 e. The standard InChI is InChI=1S/C27H30N4O2S2/c1-20-24(19-35-27-29-22-10-5-6-11-23(22)30-27)28-14-12-25(20)34-17-7-15-31(16-13-26(32)33)18-21-8-3-2-4-9-21/h2-6,8-12,14H,7,13,15-19H2,1H3,(H,29,30)(H,32,33). The van der Waals surface area contributed by atoms with E-state index in [2.05, 4.69) is 45.0 Å². The Balaban J connectivity index is 1.29. The number of carbonyl (C=O) groups is 1. The maximum atomic E-state index is 11.1. The number of hydrogen-bond donors (Lipinski definition) is 2. The Labute approximate surface area is 214 Å². The van der Waals surface area contributed by atoms with Gasteiger partial charge < -0.3 is 10.1 Å². The Hall–Kier alpha value is -2.81. The molecule has 35 heavy (non-hydrogen) atoms. The van der Waals surface area contributed by atoms with E-state index in [0.717, 1.165) is 52.9 Å². The number of rotatable bonds is 13. The minimum Gasteiger partial charge on any atom is -0.481 e. The number of carboxylic acid groups (broad SMARTS) is 1. The highest BCUT2D eigenvalue weighted by Crippen LogP contribution is 2.28. The molecule has 0 spiro atoms. The summed E-state index contributed by atoms with van der Waals surface area (Å²) in [4.78, 5) is 27.2. The van der Waals surface area contributed by atoms with E-state index in [9.17, 15) is 4.79 Å². The summed E-state index contributed by atoms with van der Waals surface area (Å²) in [5.41, 5.74) is 5.53. The minimum absolute atomic E-state index is 0.162. The molecule has 2 aromatic heterocycles. The zero-order valence-corrected chi connectivity index (χ0v) is 21.4. The lowest BCUT2D eigenvalue weighted by atomic mass is 10.2. The summed E-state index contributed by atoms with van der Waals surface area (Å²) in [6, 6.07) is 20.4. The Bertz CT molecular complexity index is 1210. The van der Waals surface area contributed by atoms with Crippen LogP contribution < -0.4 is 0 Å². The van der Waals surface area contributed by atoms with Crippen molar-refractivity contribution in [2.24, 2.45) is 0 Å². The number of pyridine rings is 1. The molecule has 0 amide bonds. The summed E-state index contributed by atoms with van der Waals surface area (Å²) >= 11 is 3.51. The molecule has 8 heteroatoms. The first-order valence-corrected chi connectivity index (χ1v) is 13.7. The average molecular weight is 507 g/mol. The number of para-hydroxylation sites is 2. The van der Waals surface area contributed by atoms with E-state index >= 15 is 0 Å². The van der Waals surface area contributed by atoms with Crippen molar-refractivity contribution in [3.05, 3.63) is 83.7 Å². The van der Waals surface area contributed by atoms with Gasteiger partial charge in [-0.1, -0.05) is 54.2 Å². The summed E-state index contributed by atoms with van der Waals surface area (Å²) in [6.45, 7) is 4.34. The van der Waals surface area contributed by atoms with E-state index in [1.54, 1.807) is 11.8 Å². The van der Waals surface area contributed by atoms with Crippen LogP contribution in [0.3, 0.4) is 0 Å². The second kappa shape index (κ2) is 12.8. The molecule has 0 bridgehead atoms. The molecular weight excluding hydrogens is 476 g/mol. The van der Waals surface area contributed by atoms with Crippen molar-refractivity contribution >= 4 is 40.5 Å². The van der Waals surface area contributed by atoms with Crippen LogP contribution in [-0.4, -0.2) is 49.8 Å². The van der Waals surface area contributed by atoms with Gasteiger partial charge >= 0.3 is 5.97 Å². The fourth-order valence-corrected chi connectivity index (χ4v) is 5.73. The molecule has 0 radical (unpaired) electrons. The van der Waals surface area contributed by atoms with Crippen molar-refractivity contribution in [1.82, 2.24) is 19.9 Å². The molecule has 0 unspecified atom stereocenters. The molecule has 2 aromatic carbocycles. The Morgan fingerprint density at radius 1 is 1.03 bits per heavy atom. The molecule has 4 rings (SSSR count). The zero-order chi connectivity index (χ0) is 24.5. The highest BCUT2D eigenvalue weighted by Gasteiger charge is 2.11. The van der Waals surface area contributed by atoms with Crippen LogP contribution in [0, 0.1) is 6.92 Å². The van der Waals surface area contributed by atoms with Crippen LogP contribution in [-0.2, 0) is 17.1 Å². The van der Waals surface area contributed by atoms with Crippen molar-refractivity contribution in [3.8, 4) is 0 Å². The molecule has 182 valence electrons. The van der Waals surface area contributed by atoms with Crippen molar-refractivity contribution in [1.29, 1.82) is 0 Å². The third-order valence-corrected chi connectivity index (χ3v) is 7.87. The number of carboxylic acids is 1. The van der Waals surface area contributed by atoms with Crippen molar-refractivity contribution < 1.29 is 9.90 Å². The van der Waals surface area contributed by atoms with Crippen LogP contribution in [0.4, 0.5) is 0 Å². The Morgan fingerprint density at radius 3 is 2.63 bits per heavy atom. The summed E-state index contributed by atoms with van der Waals surface area (Å²) in [5, 5.41) is 10.0. The van der Waals surface area contributed by atoms with Crippen LogP contribution in [0.2, 0.25) is 0 Å². The molecule has 6 nitrogen and oxygen atoms in total. The lowest BCUT2D eigenvalue weighted by Gasteiger charge is -2.21. The summed E-state index contributed by atoms with van der Waals surface area (Å²) in [5.74, 6) is 0.984.